The molecule has 0 bridgehead atoms. The normalized spacial score (nSPS) is 13.0. The van der Waals surface area contributed by atoms with Crippen LogP contribution in [0.25, 0.3) is 0 Å². The first-order valence-corrected chi connectivity index (χ1v) is 8.52. The van der Waals surface area contributed by atoms with E-state index in [1.807, 2.05) is 6.92 Å². The van der Waals surface area contributed by atoms with Crippen LogP contribution in [0.2, 0.25) is 0 Å². The van der Waals surface area contributed by atoms with Gasteiger partial charge in [0.25, 0.3) is 5.91 Å². The molecule has 0 heterocycles. The summed E-state index contributed by atoms with van der Waals surface area (Å²) in [7, 11) is -2.09. The molecule has 0 fully saturated rings. The predicted molar refractivity (Wildman–Crippen MR) is 83.7 cm³/mol. The Hall–Kier alpha value is -1.40. The number of nitrogens with zero attached hydrogens (tertiary/aromatic N) is 1. The molecule has 2 N–H and O–H groups in total. The monoisotopic (exact) mass is 312 g/mol. The van der Waals surface area contributed by atoms with Crippen LogP contribution < -0.4 is 5.14 Å². The summed E-state index contributed by atoms with van der Waals surface area (Å²) in [6, 6.07) is 2.86. The summed E-state index contributed by atoms with van der Waals surface area (Å²) >= 11 is 0. The van der Waals surface area contributed by atoms with Crippen LogP contribution in [0, 0.1) is 19.8 Å². The highest BCUT2D eigenvalue weighted by Crippen LogP contribution is 2.21. The third kappa shape index (κ3) is 4.28. The minimum atomic E-state index is -3.82. The Morgan fingerprint density at radius 1 is 1.33 bits per heavy atom. The van der Waals surface area contributed by atoms with Gasteiger partial charge in [0.15, 0.2) is 0 Å². The maximum atomic E-state index is 12.5. The Balaban J connectivity index is 3.23. The predicted octanol–water partition coefficient (Wildman–Crippen LogP) is 2.07. The molecular formula is C15H24N2O3S. The van der Waals surface area contributed by atoms with Crippen LogP contribution >= 0.6 is 0 Å². The van der Waals surface area contributed by atoms with Gasteiger partial charge in [-0.05, 0) is 43.0 Å². The Labute approximate surface area is 127 Å². The first-order chi connectivity index (χ1) is 9.57. The number of primary sulfonamides is 1. The number of carbonyl (C=O) groups is 1. The zero-order valence-corrected chi connectivity index (χ0v) is 14.1. The highest BCUT2D eigenvalue weighted by Gasteiger charge is 2.20. The van der Waals surface area contributed by atoms with E-state index in [0.717, 1.165) is 17.5 Å². The molecule has 1 aromatic carbocycles. The number of benzene rings is 1. The van der Waals surface area contributed by atoms with Crippen molar-refractivity contribution in [2.45, 2.75) is 39.0 Å². The summed E-state index contributed by atoms with van der Waals surface area (Å²) in [5, 5.41) is 5.17. The van der Waals surface area contributed by atoms with Crippen LogP contribution in [0.5, 0.6) is 0 Å². The molecule has 0 aliphatic rings. The van der Waals surface area contributed by atoms with E-state index in [9.17, 15) is 13.2 Å². The Bertz CT molecular complexity index is 639. The van der Waals surface area contributed by atoms with E-state index < -0.39 is 10.0 Å². The van der Waals surface area contributed by atoms with Crippen molar-refractivity contribution in [2.24, 2.45) is 11.1 Å². The highest BCUT2D eigenvalue weighted by molar-refractivity contribution is 7.89. The molecule has 21 heavy (non-hydrogen) atoms. The Morgan fingerprint density at radius 2 is 1.90 bits per heavy atom. The van der Waals surface area contributed by atoms with Crippen LogP contribution in [-0.2, 0) is 10.0 Å². The van der Waals surface area contributed by atoms with Gasteiger partial charge in [-0.2, -0.15) is 0 Å². The third-order valence-electron chi connectivity index (χ3n) is 3.83. The lowest BCUT2D eigenvalue weighted by Crippen LogP contribution is -2.31. The van der Waals surface area contributed by atoms with E-state index >= 15 is 0 Å². The van der Waals surface area contributed by atoms with Crippen molar-refractivity contribution >= 4 is 15.9 Å². The molecule has 1 amide bonds. The molecule has 0 aliphatic carbocycles. The van der Waals surface area contributed by atoms with Crippen molar-refractivity contribution < 1.29 is 13.2 Å². The maximum Gasteiger partial charge on any atom is 0.253 e. The van der Waals surface area contributed by atoms with Crippen LogP contribution in [-0.4, -0.2) is 32.8 Å². The zero-order valence-electron chi connectivity index (χ0n) is 13.3. The topological polar surface area (TPSA) is 80.5 Å². The van der Waals surface area contributed by atoms with Gasteiger partial charge in [-0.1, -0.05) is 20.3 Å². The molecule has 0 aliphatic heterocycles. The number of sulfonamides is 1. The van der Waals surface area contributed by atoms with E-state index in [1.165, 1.54) is 12.1 Å². The molecule has 118 valence electrons. The smallest absolute Gasteiger partial charge is 0.253 e. The molecule has 0 saturated carbocycles. The van der Waals surface area contributed by atoms with Crippen molar-refractivity contribution in [1.29, 1.82) is 0 Å². The number of amides is 1. The molecule has 5 nitrogen and oxygen atoms in total. The van der Waals surface area contributed by atoms with E-state index in [4.69, 9.17) is 5.14 Å². The summed E-state index contributed by atoms with van der Waals surface area (Å²) < 4.78 is 23.0. The summed E-state index contributed by atoms with van der Waals surface area (Å²) in [6.07, 6.45) is 0.979. The second kappa shape index (κ2) is 6.58. The summed E-state index contributed by atoms with van der Waals surface area (Å²) in [6.45, 7) is 8.36. The Morgan fingerprint density at radius 3 is 2.38 bits per heavy atom. The lowest BCUT2D eigenvalue weighted by Gasteiger charge is -2.22. The fourth-order valence-electron chi connectivity index (χ4n) is 2.10. The van der Waals surface area contributed by atoms with Gasteiger partial charge >= 0.3 is 0 Å². The number of hydrogen-bond donors (Lipinski definition) is 1. The largest absolute Gasteiger partial charge is 0.341 e. The number of hydrogen-bond acceptors (Lipinski definition) is 3. The quantitative estimate of drug-likeness (QED) is 0.903. The second-order valence-electron chi connectivity index (χ2n) is 5.66. The molecular weight excluding hydrogens is 288 g/mol. The van der Waals surface area contributed by atoms with Gasteiger partial charge in [-0.25, -0.2) is 13.6 Å². The fourth-order valence-corrected chi connectivity index (χ4v) is 2.72. The number of nitrogens with two attached hydrogens (primary N) is 1. The zero-order chi connectivity index (χ0) is 16.4. The summed E-state index contributed by atoms with van der Waals surface area (Å²) in [4.78, 5) is 14.1. The van der Waals surface area contributed by atoms with Gasteiger partial charge in [-0.3, -0.25) is 4.79 Å². The standard InChI is InChI=1S/C15H24N2O3S/c1-6-10(2)9-17(5)15(18)14-8-13(21(16,19)20)7-11(3)12(14)4/h7-8,10H,6,9H2,1-5H3,(H2,16,19,20). The summed E-state index contributed by atoms with van der Waals surface area (Å²) in [5.41, 5.74) is 1.91. The van der Waals surface area contributed by atoms with E-state index in [-0.39, 0.29) is 10.8 Å². The van der Waals surface area contributed by atoms with Gasteiger partial charge in [0.05, 0.1) is 4.90 Å². The second-order valence-corrected chi connectivity index (χ2v) is 7.22. The van der Waals surface area contributed by atoms with Crippen LogP contribution in [0.4, 0.5) is 0 Å². The van der Waals surface area contributed by atoms with Crippen molar-refractivity contribution in [3.8, 4) is 0 Å². The highest BCUT2D eigenvalue weighted by atomic mass is 32.2. The Kier molecular flexibility index (Phi) is 5.53. The molecule has 0 saturated heterocycles. The molecule has 1 aromatic rings. The van der Waals surface area contributed by atoms with Gasteiger partial charge < -0.3 is 4.90 Å². The lowest BCUT2D eigenvalue weighted by molar-refractivity contribution is 0.0774. The molecule has 1 unspecified atom stereocenters. The molecule has 0 spiro atoms. The molecule has 0 radical (unpaired) electrons. The van der Waals surface area contributed by atoms with E-state index in [0.29, 0.717) is 18.0 Å². The minimum Gasteiger partial charge on any atom is -0.341 e. The molecule has 0 aromatic heterocycles. The number of carbonyl (C=O) groups excluding carboxylic acids is 1. The van der Waals surface area contributed by atoms with Crippen molar-refractivity contribution in [1.82, 2.24) is 4.90 Å². The van der Waals surface area contributed by atoms with Gasteiger partial charge in [-0.15, -0.1) is 0 Å². The van der Waals surface area contributed by atoms with E-state index in [2.05, 4.69) is 13.8 Å². The maximum absolute atomic E-state index is 12.5. The van der Waals surface area contributed by atoms with Crippen LogP contribution in [0.3, 0.4) is 0 Å². The SMILES string of the molecule is CCC(C)CN(C)C(=O)c1cc(S(N)(=O)=O)cc(C)c1C. The van der Waals surface area contributed by atoms with Gasteiger partial charge in [0.1, 0.15) is 0 Å². The van der Waals surface area contributed by atoms with Crippen LogP contribution in [0.1, 0.15) is 41.8 Å². The molecule has 1 atom stereocenters. The fraction of sp³-hybridized carbons (Fsp3) is 0.533. The van der Waals surface area contributed by atoms with Crippen molar-refractivity contribution in [2.75, 3.05) is 13.6 Å². The number of aryl methyl sites for hydroxylation is 1. The summed E-state index contributed by atoms with van der Waals surface area (Å²) in [5.74, 6) is 0.211. The minimum absolute atomic E-state index is 0.0223. The lowest BCUT2D eigenvalue weighted by atomic mass is 10.0. The van der Waals surface area contributed by atoms with Crippen molar-refractivity contribution in [3.63, 3.8) is 0 Å². The first kappa shape index (κ1) is 17.7. The third-order valence-corrected chi connectivity index (χ3v) is 4.72. The average Bonchev–Trinajstić information content (AvgIpc) is 2.39. The van der Waals surface area contributed by atoms with Gasteiger partial charge in [0, 0.05) is 19.2 Å². The molecule has 1 rings (SSSR count). The number of rotatable bonds is 5. The van der Waals surface area contributed by atoms with Crippen LogP contribution in [0.15, 0.2) is 17.0 Å². The first-order valence-electron chi connectivity index (χ1n) is 6.97. The van der Waals surface area contributed by atoms with Crippen molar-refractivity contribution in [3.05, 3.63) is 28.8 Å². The van der Waals surface area contributed by atoms with Gasteiger partial charge in [0.2, 0.25) is 10.0 Å². The molecule has 6 heteroatoms. The average molecular weight is 312 g/mol. The van der Waals surface area contributed by atoms with E-state index in [1.54, 1.807) is 18.9 Å².